The fourth-order valence-electron chi connectivity index (χ4n) is 3.87. The summed E-state index contributed by atoms with van der Waals surface area (Å²) < 4.78 is 56.5. The van der Waals surface area contributed by atoms with Crippen LogP contribution in [0.25, 0.3) is 16.9 Å². The SMILES string of the molecule is Cc1c(C(=O)NN2CC(F)(F)CC(F)(F)C2)nn(-c2ccc(Cl)cc2Cl)c1-c1ccc(Cl)cc1. The van der Waals surface area contributed by atoms with Crippen molar-refractivity contribution in [3.05, 3.63) is 68.8 Å². The summed E-state index contributed by atoms with van der Waals surface area (Å²) in [6.45, 7) is -0.478. The molecule has 180 valence electrons. The van der Waals surface area contributed by atoms with Crippen molar-refractivity contribution >= 4 is 40.7 Å². The minimum atomic E-state index is -3.66. The average molecular weight is 536 g/mol. The maximum Gasteiger partial charge on any atom is 0.286 e. The van der Waals surface area contributed by atoms with Crippen LogP contribution in [0, 0.1) is 6.92 Å². The van der Waals surface area contributed by atoms with E-state index in [4.69, 9.17) is 34.8 Å². The normalized spacial score (nSPS) is 17.5. The van der Waals surface area contributed by atoms with Crippen molar-refractivity contribution in [2.24, 2.45) is 0 Å². The lowest BCUT2D eigenvalue weighted by Crippen LogP contribution is -2.58. The number of carbonyl (C=O) groups excluding carboxylic acids is 1. The molecule has 1 aliphatic heterocycles. The minimum Gasteiger partial charge on any atom is -0.283 e. The zero-order valence-corrected chi connectivity index (χ0v) is 19.8. The van der Waals surface area contributed by atoms with Crippen LogP contribution in [-0.2, 0) is 0 Å². The summed E-state index contributed by atoms with van der Waals surface area (Å²) in [6, 6.07) is 11.4. The molecule has 0 spiro atoms. The number of rotatable bonds is 4. The first-order valence-electron chi connectivity index (χ1n) is 9.98. The lowest BCUT2D eigenvalue weighted by molar-refractivity contribution is -0.178. The van der Waals surface area contributed by atoms with Crippen LogP contribution in [0.2, 0.25) is 15.1 Å². The minimum absolute atomic E-state index is 0.145. The highest BCUT2D eigenvalue weighted by Gasteiger charge is 2.50. The van der Waals surface area contributed by atoms with Gasteiger partial charge in [-0.25, -0.2) is 27.3 Å². The van der Waals surface area contributed by atoms with E-state index >= 15 is 0 Å². The summed E-state index contributed by atoms with van der Waals surface area (Å²) in [6.07, 6.45) is -1.57. The molecular weight excluding hydrogens is 519 g/mol. The van der Waals surface area contributed by atoms with Gasteiger partial charge in [0, 0.05) is 21.2 Å². The first kappa shape index (κ1) is 24.8. The number of nitrogens with one attached hydrogen (secondary N) is 1. The molecule has 1 amide bonds. The molecule has 0 saturated carbocycles. The summed E-state index contributed by atoms with van der Waals surface area (Å²) >= 11 is 18.4. The lowest BCUT2D eigenvalue weighted by atomic mass is 10.1. The molecule has 0 radical (unpaired) electrons. The molecule has 1 saturated heterocycles. The molecular formula is C22H17Cl3F4N4O. The zero-order valence-electron chi connectivity index (χ0n) is 17.6. The van der Waals surface area contributed by atoms with Gasteiger partial charge in [0.15, 0.2) is 5.69 Å². The van der Waals surface area contributed by atoms with Gasteiger partial charge >= 0.3 is 0 Å². The van der Waals surface area contributed by atoms with Gasteiger partial charge in [0.2, 0.25) is 0 Å². The van der Waals surface area contributed by atoms with E-state index in [1.54, 1.807) is 43.3 Å². The second-order valence-electron chi connectivity index (χ2n) is 8.02. The van der Waals surface area contributed by atoms with Crippen molar-refractivity contribution in [3.63, 3.8) is 0 Å². The fourth-order valence-corrected chi connectivity index (χ4v) is 4.48. The maximum absolute atomic E-state index is 13.8. The second kappa shape index (κ2) is 9.03. The molecule has 1 aliphatic rings. The first-order chi connectivity index (χ1) is 15.8. The lowest BCUT2D eigenvalue weighted by Gasteiger charge is -2.36. The van der Waals surface area contributed by atoms with E-state index in [2.05, 4.69) is 10.5 Å². The number of hydrazine groups is 1. The summed E-state index contributed by atoms with van der Waals surface area (Å²) in [4.78, 5) is 13.0. The highest BCUT2D eigenvalue weighted by atomic mass is 35.5. The number of alkyl halides is 4. The van der Waals surface area contributed by atoms with E-state index in [9.17, 15) is 22.4 Å². The molecule has 2 aromatic carbocycles. The van der Waals surface area contributed by atoms with Gasteiger partial charge in [-0.15, -0.1) is 0 Å². The molecule has 0 unspecified atom stereocenters. The molecule has 1 fully saturated rings. The van der Waals surface area contributed by atoms with E-state index in [0.717, 1.165) is 0 Å². The number of nitrogens with zero attached hydrogens (tertiary/aromatic N) is 3. The summed E-state index contributed by atoms with van der Waals surface area (Å²) in [5, 5.41) is 5.98. The number of piperidine rings is 1. The van der Waals surface area contributed by atoms with Crippen molar-refractivity contribution in [1.29, 1.82) is 0 Å². The van der Waals surface area contributed by atoms with E-state index in [1.165, 1.54) is 10.7 Å². The Bertz CT molecular complexity index is 1230. The Kier molecular flexibility index (Phi) is 6.58. The molecule has 2 heterocycles. The molecule has 1 aromatic heterocycles. The third-order valence-corrected chi connectivity index (χ3v) is 6.00. The van der Waals surface area contributed by atoms with Crippen LogP contribution < -0.4 is 5.43 Å². The number of aromatic nitrogens is 2. The Hall–Kier alpha value is -2.33. The predicted molar refractivity (Wildman–Crippen MR) is 122 cm³/mol. The molecule has 0 bridgehead atoms. The van der Waals surface area contributed by atoms with Crippen molar-refractivity contribution in [2.45, 2.75) is 25.2 Å². The number of halogens is 7. The van der Waals surface area contributed by atoms with Crippen molar-refractivity contribution in [1.82, 2.24) is 20.2 Å². The van der Waals surface area contributed by atoms with E-state index < -0.39 is 37.3 Å². The van der Waals surface area contributed by atoms with Crippen LogP contribution in [0.1, 0.15) is 22.5 Å². The number of hydrogen-bond acceptors (Lipinski definition) is 3. The van der Waals surface area contributed by atoms with Gasteiger partial charge in [0.05, 0.1) is 35.9 Å². The van der Waals surface area contributed by atoms with Gasteiger partial charge in [0.1, 0.15) is 0 Å². The van der Waals surface area contributed by atoms with Gasteiger partial charge < -0.3 is 0 Å². The monoisotopic (exact) mass is 534 g/mol. The van der Waals surface area contributed by atoms with Crippen molar-refractivity contribution in [3.8, 4) is 16.9 Å². The number of amides is 1. The van der Waals surface area contributed by atoms with E-state index in [1.807, 2.05) is 0 Å². The first-order valence-corrected chi connectivity index (χ1v) is 11.1. The van der Waals surface area contributed by atoms with E-state index in [-0.39, 0.29) is 10.7 Å². The number of carbonyl (C=O) groups is 1. The van der Waals surface area contributed by atoms with Gasteiger partial charge in [-0.2, -0.15) is 5.10 Å². The Morgan fingerprint density at radius 2 is 1.56 bits per heavy atom. The molecule has 0 atom stereocenters. The quantitative estimate of drug-likeness (QED) is 0.392. The smallest absolute Gasteiger partial charge is 0.283 e. The van der Waals surface area contributed by atoms with Crippen LogP contribution in [0.4, 0.5) is 17.6 Å². The summed E-state index contributed by atoms with van der Waals surface area (Å²) in [7, 11) is 0. The largest absolute Gasteiger partial charge is 0.286 e. The molecule has 0 aliphatic carbocycles. The molecule has 4 rings (SSSR count). The molecule has 1 N–H and O–H groups in total. The highest BCUT2D eigenvalue weighted by molar-refractivity contribution is 6.35. The standard InChI is InChI=1S/C22H17Cl3F4N4O/c1-12-18(20(34)31-32-10-21(26,27)9-22(28,29)11-32)30-33(17-7-6-15(24)8-16(17)25)19(12)13-2-4-14(23)5-3-13/h2-8H,9-11H2,1H3,(H,31,34). The zero-order chi connectivity index (χ0) is 24.8. The molecule has 3 aromatic rings. The molecule has 34 heavy (non-hydrogen) atoms. The topological polar surface area (TPSA) is 50.2 Å². The third kappa shape index (κ3) is 5.17. The number of hydrogen-bond donors (Lipinski definition) is 1. The van der Waals surface area contributed by atoms with Gasteiger partial charge in [0.25, 0.3) is 17.8 Å². The van der Waals surface area contributed by atoms with Crippen LogP contribution in [-0.4, -0.2) is 45.6 Å². The van der Waals surface area contributed by atoms with Crippen molar-refractivity contribution in [2.75, 3.05) is 13.1 Å². The second-order valence-corrected chi connectivity index (χ2v) is 9.30. The van der Waals surface area contributed by atoms with Crippen molar-refractivity contribution < 1.29 is 22.4 Å². The fraction of sp³-hybridized carbons (Fsp3) is 0.273. The van der Waals surface area contributed by atoms with Gasteiger partial charge in [-0.1, -0.05) is 46.9 Å². The molecule has 5 nitrogen and oxygen atoms in total. The summed E-state index contributed by atoms with van der Waals surface area (Å²) in [5.41, 5.74) is 3.88. The average Bonchev–Trinajstić information content (AvgIpc) is 3.03. The maximum atomic E-state index is 13.8. The molecule has 12 heteroatoms. The van der Waals surface area contributed by atoms with E-state index in [0.29, 0.717) is 37.6 Å². The Balaban J connectivity index is 1.76. The third-order valence-electron chi connectivity index (χ3n) is 5.21. The Morgan fingerprint density at radius 3 is 2.15 bits per heavy atom. The Morgan fingerprint density at radius 1 is 0.971 bits per heavy atom. The predicted octanol–water partition coefficient (Wildman–Crippen LogP) is 6.43. The Labute approximate surface area is 207 Å². The highest BCUT2D eigenvalue weighted by Crippen LogP contribution is 2.36. The van der Waals surface area contributed by atoms with Crippen LogP contribution >= 0.6 is 34.8 Å². The summed E-state index contributed by atoms with van der Waals surface area (Å²) in [5.74, 6) is -8.23. The van der Waals surface area contributed by atoms with Gasteiger partial charge in [-0.3, -0.25) is 10.2 Å². The van der Waals surface area contributed by atoms with Crippen LogP contribution in [0.5, 0.6) is 0 Å². The van der Waals surface area contributed by atoms with Crippen LogP contribution in [0.3, 0.4) is 0 Å². The van der Waals surface area contributed by atoms with Crippen LogP contribution in [0.15, 0.2) is 42.5 Å². The van der Waals surface area contributed by atoms with Gasteiger partial charge in [-0.05, 0) is 37.3 Å². The number of benzene rings is 2.